The van der Waals surface area contributed by atoms with Crippen LogP contribution in [-0.2, 0) is 16.0 Å². The van der Waals surface area contributed by atoms with Crippen LogP contribution in [0.1, 0.15) is 39.5 Å². The molecule has 5 nitrogen and oxygen atoms in total. The highest BCUT2D eigenvalue weighted by Gasteiger charge is 2.19. The van der Waals surface area contributed by atoms with Crippen LogP contribution < -0.4 is 0 Å². The number of aryl methyl sites for hydroxylation is 1. The predicted octanol–water partition coefficient (Wildman–Crippen LogP) is 4.09. The van der Waals surface area contributed by atoms with Crippen LogP contribution in [0.15, 0.2) is 41.0 Å². The molecule has 0 aliphatic rings. The highest BCUT2D eigenvalue weighted by atomic mass is 16.5. The molecule has 3 rings (SSSR count). The van der Waals surface area contributed by atoms with Gasteiger partial charge in [-0.2, -0.15) is 0 Å². The highest BCUT2D eigenvalue weighted by molar-refractivity contribution is 6.16. The fraction of sp³-hybridized carbons (Fsp3) is 0.238. The van der Waals surface area contributed by atoms with Crippen LogP contribution in [0.5, 0.6) is 5.75 Å². The summed E-state index contributed by atoms with van der Waals surface area (Å²) < 4.78 is 10.5. The minimum Gasteiger partial charge on any atom is -0.508 e. The summed E-state index contributed by atoms with van der Waals surface area (Å²) in [6, 6.07) is 8.38. The second-order valence-corrected chi connectivity index (χ2v) is 6.18. The van der Waals surface area contributed by atoms with Gasteiger partial charge in [0.1, 0.15) is 17.6 Å². The van der Waals surface area contributed by atoms with E-state index < -0.39 is 0 Å². The highest BCUT2D eigenvalue weighted by Crippen LogP contribution is 2.33. The summed E-state index contributed by atoms with van der Waals surface area (Å²) in [7, 11) is 0. The Morgan fingerprint density at radius 2 is 1.81 bits per heavy atom. The Hall–Kier alpha value is -3.08. The van der Waals surface area contributed by atoms with Gasteiger partial charge in [-0.25, -0.2) is 0 Å². The maximum absolute atomic E-state index is 12.8. The molecule has 1 N–H and O–H groups in total. The van der Waals surface area contributed by atoms with Crippen molar-refractivity contribution in [3.05, 3.63) is 64.4 Å². The van der Waals surface area contributed by atoms with Gasteiger partial charge in [-0.05, 0) is 43.5 Å². The number of carbonyl (C=O) groups is 2. The largest absolute Gasteiger partial charge is 0.508 e. The Labute approximate surface area is 151 Å². The van der Waals surface area contributed by atoms with E-state index in [1.165, 1.54) is 6.26 Å². The van der Waals surface area contributed by atoms with Crippen molar-refractivity contribution in [3.8, 4) is 5.75 Å². The number of hydrogen-bond donors (Lipinski definition) is 1. The summed E-state index contributed by atoms with van der Waals surface area (Å²) in [5.41, 5.74) is 3.80. The van der Waals surface area contributed by atoms with Crippen LogP contribution in [0.4, 0.5) is 0 Å². The van der Waals surface area contributed by atoms with Crippen LogP contribution in [0.3, 0.4) is 0 Å². The lowest BCUT2D eigenvalue weighted by Gasteiger charge is -2.05. The molecule has 0 amide bonds. The van der Waals surface area contributed by atoms with Crippen molar-refractivity contribution < 1.29 is 23.8 Å². The van der Waals surface area contributed by atoms with Crippen LogP contribution in [-0.4, -0.2) is 23.5 Å². The summed E-state index contributed by atoms with van der Waals surface area (Å²) in [5, 5.41) is 10.6. The third-order valence-corrected chi connectivity index (χ3v) is 4.51. The molecule has 1 aromatic heterocycles. The minimum absolute atomic E-state index is 0.134. The smallest absolute Gasteiger partial charge is 0.310 e. The first-order valence-corrected chi connectivity index (χ1v) is 8.42. The molecule has 1 heterocycles. The van der Waals surface area contributed by atoms with Gasteiger partial charge in [-0.1, -0.05) is 24.3 Å². The van der Waals surface area contributed by atoms with Crippen molar-refractivity contribution in [3.63, 3.8) is 0 Å². The molecule has 2 aromatic carbocycles. The zero-order valence-corrected chi connectivity index (χ0v) is 15.0. The van der Waals surface area contributed by atoms with Gasteiger partial charge < -0.3 is 14.3 Å². The Balaban J connectivity index is 1.90. The number of phenolic OH excluding ortho intramolecular Hbond substituents is 1. The second kappa shape index (κ2) is 7.04. The minimum atomic E-state index is -0.297. The van der Waals surface area contributed by atoms with E-state index in [-0.39, 0.29) is 23.9 Å². The molecule has 0 atom stereocenters. The lowest BCUT2D eigenvalue weighted by atomic mass is 9.98. The van der Waals surface area contributed by atoms with Crippen molar-refractivity contribution >= 4 is 22.7 Å². The summed E-state index contributed by atoms with van der Waals surface area (Å²) in [6.07, 6.45) is 1.59. The summed E-state index contributed by atoms with van der Waals surface area (Å²) in [6.45, 7) is 5.75. The first kappa shape index (κ1) is 17.7. The number of carbonyl (C=O) groups excluding carboxylic acids is 2. The van der Waals surface area contributed by atoms with E-state index in [0.717, 1.165) is 16.7 Å². The number of ketones is 1. The number of aromatic hydroxyl groups is 1. The summed E-state index contributed by atoms with van der Waals surface area (Å²) in [4.78, 5) is 24.4. The predicted molar refractivity (Wildman–Crippen MR) is 97.6 cm³/mol. The molecule has 0 radical (unpaired) electrons. The van der Waals surface area contributed by atoms with Crippen molar-refractivity contribution in [2.24, 2.45) is 0 Å². The zero-order valence-electron chi connectivity index (χ0n) is 15.0. The lowest BCUT2D eigenvalue weighted by molar-refractivity contribution is -0.142. The molecule has 0 bridgehead atoms. The van der Waals surface area contributed by atoms with Crippen molar-refractivity contribution in [1.29, 1.82) is 0 Å². The van der Waals surface area contributed by atoms with Crippen LogP contribution >= 0.6 is 0 Å². The molecule has 0 unspecified atom stereocenters. The lowest BCUT2D eigenvalue weighted by Crippen LogP contribution is -2.08. The first-order valence-electron chi connectivity index (χ1n) is 8.42. The van der Waals surface area contributed by atoms with Gasteiger partial charge in [0.25, 0.3) is 0 Å². The third-order valence-electron chi connectivity index (χ3n) is 4.51. The molecule has 3 aromatic rings. The number of hydrogen-bond acceptors (Lipinski definition) is 5. The van der Waals surface area contributed by atoms with Crippen molar-refractivity contribution in [1.82, 2.24) is 0 Å². The van der Waals surface area contributed by atoms with Gasteiger partial charge >= 0.3 is 5.97 Å². The second-order valence-electron chi connectivity index (χ2n) is 6.18. The van der Waals surface area contributed by atoms with Crippen LogP contribution in [0.2, 0.25) is 0 Å². The van der Waals surface area contributed by atoms with Crippen molar-refractivity contribution in [2.45, 2.75) is 27.2 Å². The average molecular weight is 352 g/mol. The molecule has 0 fully saturated rings. The molecule has 5 heteroatoms. The summed E-state index contributed by atoms with van der Waals surface area (Å²) in [5.74, 6) is -0.363. The number of ether oxygens (including phenoxy) is 1. The number of rotatable bonds is 5. The number of esters is 1. The maximum atomic E-state index is 12.8. The molecule has 0 spiro atoms. The van der Waals surface area contributed by atoms with Crippen LogP contribution in [0.25, 0.3) is 11.0 Å². The fourth-order valence-electron chi connectivity index (χ4n) is 2.89. The van der Waals surface area contributed by atoms with E-state index >= 15 is 0 Å². The fourth-order valence-corrected chi connectivity index (χ4v) is 2.89. The Bertz CT molecular complexity index is 980. The normalized spacial score (nSPS) is 10.9. The van der Waals surface area contributed by atoms with Gasteiger partial charge in [0.05, 0.1) is 18.6 Å². The molecule has 26 heavy (non-hydrogen) atoms. The first-order chi connectivity index (χ1) is 12.4. The topological polar surface area (TPSA) is 76.7 Å². The van der Waals surface area contributed by atoms with E-state index in [2.05, 4.69) is 0 Å². The van der Waals surface area contributed by atoms with Crippen LogP contribution in [0, 0.1) is 13.8 Å². The Kier molecular flexibility index (Phi) is 4.80. The van der Waals surface area contributed by atoms with E-state index in [1.54, 1.807) is 44.2 Å². The van der Waals surface area contributed by atoms with Gasteiger partial charge in [0.2, 0.25) is 0 Å². The standard InChI is InChI=1S/C21H20O5/c1-4-25-19(23)9-14-5-7-15(8-6-14)20(24)17-11-26-21-13(3)12(2)18(22)10-16(17)21/h5-8,10-11,22H,4,9H2,1-3H3. The molecule has 0 aliphatic carbocycles. The third kappa shape index (κ3) is 3.20. The van der Waals surface area contributed by atoms with E-state index in [0.29, 0.717) is 28.7 Å². The number of furan rings is 1. The molecule has 134 valence electrons. The molecule has 0 saturated carbocycles. The van der Waals surface area contributed by atoms with Gasteiger partial charge in [-0.15, -0.1) is 0 Å². The van der Waals surface area contributed by atoms with E-state index in [1.807, 2.05) is 6.92 Å². The van der Waals surface area contributed by atoms with Gasteiger partial charge in [0.15, 0.2) is 5.78 Å². The Morgan fingerprint density at radius 3 is 2.46 bits per heavy atom. The maximum Gasteiger partial charge on any atom is 0.310 e. The zero-order chi connectivity index (χ0) is 18.8. The monoisotopic (exact) mass is 352 g/mol. The van der Waals surface area contributed by atoms with E-state index in [4.69, 9.17) is 9.15 Å². The van der Waals surface area contributed by atoms with Crippen molar-refractivity contribution in [2.75, 3.05) is 6.61 Å². The molecule has 0 saturated heterocycles. The number of benzene rings is 2. The number of fused-ring (bicyclic) bond motifs is 1. The number of phenols is 1. The molecular formula is C21H20O5. The molecular weight excluding hydrogens is 332 g/mol. The Morgan fingerprint density at radius 1 is 1.12 bits per heavy atom. The van der Waals surface area contributed by atoms with Gasteiger partial charge in [-0.3, -0.25) is 9.59 Å². The average Bonchev–Trinajstić information content (AvgIpc) is 3.03. The quantitative estimate of drug-likeness (QED) is 0.553. The molecule has 0 aliphatic heterocycles. The van der Waals surface area contributed by atoms with Gasteiger partial charge in [0, 0.05) is 10.9 Å². The summed E-state index contributed by atoms with van der Waals surface area (Å²) >= 11 is 0. The SMILES string of the molecule is CCOC(=O)Cc1ccc(C(=O)c2coc3c(C)c(C)c(O)cc23)cc1. The van der Waals surface area contributed by atoms with E-state index in [9.17, 15) is 14.7 Å².